The molecule has 1 N–H and O–H groups in total. The van der Waals surface area contributed by atoms with E-state index in [-0.39, 0.29) is 30.2 Å². The van der Waals surface area contributed by atoms with Crippen LogP contribution in [0.1, 0.15) is 12.0 Å². The van der Waals surface area contributed by atoms with Gasteiger partial charge in [0.2, 0.25) is 11.8 Å². The predicted octanol–water partition coefficient (Wildman–Crippen LogP) is 2.90. The number of nitrogens with one attached hydrogen (secondary N) is 1. The maximum Gasteiger partial charge on any atom is 0.296 e. The molecule has 140 valence electrons. The first-order valence-corrected chi connectivity index (χ1v) is 8.39. The molecule has 0 saturated carbocycles. The molecule has 2 amide bonds. The molecule has 8 nitrogen and oxygen atoms in total. The molecule has 1 aliphatic heterocycles. The van der Waals surface area contributed by atoms with Gasteiger partial charge >= 0.3 is 0 Å². The summed E-state index contributed by atoms with van der Waals surface area (Å²) < 4.78 is 4.98. The zero-order chi connectivity index (χ0) is 19.6. The Balaban J connectivity index is 1.76. The van der Waals surface area contributed by atoms with Crippen molar-refractivity contribution in [2.24, 2.45) is 5.92 Å². The van der Waals surface area contributed by atoms with Crippen molar-refractivity contribution in [1.29, 1.82) is 0 Å². The number of anilines is 2. The summed E-state index contributed by atoms with van der Waals surface area (Å²) in [5.41, 5.74) is 1.57. The first-order chi connectivity index (χ1) is 12.9. The molecule has 1 fully saturated rings. The SMILES string of the molecule is COc1ccc(NC(=O)C2CC(=O)N(c3cccc(C)c3)C2)c([N+](=O)[O-])c1. The van der Waals surface area contributed by atoms with Crippen LogP contribution in [0.5, 0.6) is 5.75 Å². The van der Waals surface area contributed by atoms with Crippen molar-refractivity contribution in [3.05, 3.63) is 58.1 Å². The number of carbonyl (C=O) groups is 2. The molecule has 1 saturated heterocycles. The molecule has 3 rings (SSSR count). The van der Waals surface area contributed by atoms with Crippen molar-refractivity contribution in [1.82, 2.24) is 0 Å². The maximum atomic E-state index is 12.6. The largest absolute Gasteiger partial charge is 0.496 e. The number of amides is 2. The molecule has 0 aliphatic carbocycles. The minimum absolute atomic E-state index is 0.0593. The number of hydrogen-bond acceptors (Lipinski definition) is 5. The van der Waals surface area contributed by atoms with E-state index in [1.807, 2.05) is 31.2 Å². The van der Waals surface area contributed by atoms with Crippen molar-refractivity contribution in [2.75, 3.05) is 23.9 Å². The normalized spacial score (nSPS) is 16.3. The number of hydrogen-bond donors (Lipinski definition) is 1. The lowest BCUT2D eigenvalue weighted by Gasteiger charge is -2.17. The van der Waals surface area contributed by atoms with Crippen LogP contribution in [0.3, 0.4) is 0 Å². The Bertz CT molecular complexity index is 912. The van der Waals surface area contributed by atoms with Gasteiger partial charge in [0.15, 0.2) is 0 Å². The number of aryl methyl sites for hydroxylation is 1. The molecule has 0 radical (unpaired) electrons. The Labute approximate surface area is 155 Å². The third-order valence-electron chi connectivity index (χ3n) is 4.47. The molecule has 0 aromatic heterocycles. The van der Waals surface area contributed by atoms with Gasteiger partial charge in [-0.05, 0) is 36.8 Å². The minimum atomic E-state index is -0.586. The topological polar surface area (TPSA) is 102 Å². The summed E-state index contributed by atoms with van der Waals surface area (Å²) in [6, 6.07) is 11.7. The van der Waals surface area contributed by atoms with E-state index in [2.05, 4.69) is 5.32 Å². The highest BCUT2D eigenvalue weighted by Gasteiger charge is 2.35. The highest BCUT2D eigenvalue weighted by molar-refractivity contribution is 6.04. The van der Waals surface area contributed by atoms with Gasteiger partial charge in [0.1, 0.15) is 11.4 Å². The van der Waals surface area contributed by atoms with E-state index in [4.69, 9.17) is 4.74 Å². The summed E-state index contributed by atoms with van der Waals surface area (Å²) in [5, 5.41) is 13.8. The van der Waals surface area contributed by atoms with Gasteiger partial charge in [-0.25, -0.2) is 0 Å². The third-order valence-corrected chi connectivity index (χ3v) is 4.47. The number of ether oxygens (including phenoxy) is 1. The Hall–Kier alpha value is -3.42. The Morgan fingerprint density at radius 3 is 2.74 bits per heavy atom. The Morgan fingerprint density at radius 1 is 1.30 bits per heavy atom. The standard InChI is InChI=1S/C19H19N3O5/c1-12-4-3-5-14(8-12)21-11-13(9-18(21)23)19(24)20-16-7-6-15(27-2)10-17(16)22(25)26/h3-8,10,13H,9,11H2,1-2H3,(H,20,24). The van der Waals surface area contributed by atoms with Gasteiger partial charge in [0.05, 0.1) is 24.0 Å². The Kier molecular flexibility index (Phi) is 5.07. The quantitative estimate of drug-likeness (QED) is 0.645. The predicted molar refractivity (Wildman–Crippen MR) is 99.9 cm³/mol. The lowest BCUT2D eigenvalue weighted by Crippen LogP contribution is -2.28. The van der Waals surface area contributed by atoms with Crippen LogP contribution in [0.4, 0.5) is 17.1 Å². The number of nitro benzene ring substituents is 1. The zero-order valence-electron chi connectivity index (χ0n) is 15.0. The van der Waals surface area contributed by atoms with Gasteiger partial charge in [0.25, 0.3) is 5.69 Å². The molecule has 27 heavy (non-hydrogen) atoms. The van der Waals surface area contributed by atoms with Crippen LogP contribution >= 0.6 is 0 Å². The van der Waals surface area contributed by atoms with E-state index >= 15 is 0 Å². The van der Waals surface area contributed by atoms with Gasteiger partial charge in [-0.2, -0.15) is 0 Å². The van der Waals surface area contributed by atoms with Crippen molar-refractivity contribution < 1.29 is 19.2 Å². The molecule has 1 atom stereocenters. The third kappa shape index (κ3) is 3.89. The van der Waals surface area contributed by atoms with Gasteiger partial charge in [0, 0.05) is 18.7 Å². The number of rotatable bonds is 5. The molecule has 1 aliphatic rings. The Morgan fingerprint density at radius 2 is 2.07 bits per heavy atom. The molecule has 8 heteroatoms. The van der Waals surface area contributed by atoms with Crippen molar-refractivity contribution >= 4 is 28.9 Å². The van der Waals surface area contributed by atoms with Gasteiger partial charge in [-0.15, -0.1) is 0 Å². The van der Waals surface area contributed by atoms with Crippen LogP contribution in [-0.2, 0) is 9.59 Å². The van der Waals surface area contributed by atoms with E-state index in [1.54, 1.807) is 4.90 Å². The van der Waals surface area contributed by atoms with Crippen LogP contribution < -0.4 is 15.0 Å². The van der Waals surface area contributed by atoms with Crippen molar-refractivity contribution in [3.63, 3.8) is 0 Å². The van der Waals surface area contributed by atoms with Gasteiger partial charge in [-0.3, -0.25) is 19.7 Å². The fourth-order valence-electron chi connectivity index (χ4n) is 3.06. The maximum absolute atomic E-state index is 12.6. The number of benzene rings is 2. The minimum Gasteiger partial charge on any atom is -0.496 e. The molecule has 1 unspecified atom stereocenters. The second kappa shape index (κ2) is 7.45. The fourth-order valence-corrected chi connectivity index (χ4v) is 3.06. The van der Waals surface area contributed by atoms with E-state index in [0.717, 1.165) is 11.3 Å². The first-order valence-electron chi connectivity index (χ1n) is 8.39. The van der Waals surface area contributed by atoms with Crippen LogP contribution in [0.15, 0.2) is 42.5 Å². The molecule has 0 spiro atoms. The van der Waals surface area contributed by atoms with Crippen LogP contribution in [0.25, 0.3) is 0 Å². The first kappa shape index (κ1) is 18.4. The van der Waals surface area contributed by atoms with Crippen molar-refractivity contribution in [3.8, 4) is 5.75 Å². The van der Waals surface area contributed by atoms with E-state index in [9.17, 15) is 19.7 Å². The smallest absolute Gasteiger partial charge is 0.296 e. The highest BCUT2D eigenvalue weighted by Crippen LogP contribution is 2.31. The number of nitro groups is 1. The summed E-state index contributed by atoms with van der Waals surface area (Å²) in [7, 11) is 1.40. The summed E-state index contributed by atoms with van der Waals surface area (Å²) in [6.45, 7) is 2.16. The van der Waals surface area contributed by atoms with Gasteiger partial charge < -0.3 is 15.0 Å². The summed E-state index contributed by atoms with van der Waals surface area (Å²) >= 11 is 0. The molecular weight excluding hydrogens is 350 g/mol. The lowest BCUT2D eigenvalue weighted by molar-refractivity contribution is -0.384. The lowest BCUT2D eigenvalue weighted by atomic mass is 10.1. The van der Waals surface area contributed by atoms with Crippen molar-refractivity contribution in [2.45, 2.75) is 13.3 Å². The van der Waals surface area contributed by atoms with E-state index in [0.29, 0.717) is 5.75 Å². The average molecular weight is 369 g/mol. The molecule has 2 aromatic carbocycles. The van der Waals surface area contributed by atoms with Crippen LogP contribution in [0.2, 0.25) is 0 Å². The van der Waals surface area contributed by atoms with Crippen LogP contribution in [-0.4, -0.2) is 30.4 Å². The average Bonchev–Trinajstić information content (AvgIpc) is 3.03. The van der Waals surface area contributed by atoms with E-state index < -0.39 is 16.7 Å². The summed E-state index contributed by atoms with van der Waals surface area (Å²) in [5.74, 6) is -0.835. The molecule has 1 heterocycles. The molecular formula is C19H19N3O5. The zero-order valence-corrected chi connectivity index (χ0v) is 15.0. The summed E-state index contributed by atoms with van der Waals surface area (Å²) in [4.78, 5) is 37.2. The number of nitrogens with zero attached hydrogens (tertiary/aromatic N) is 2. The molecule has 2 aromatic rings. The monoisotopic (exact) mass is 369 g/mol. The van der Waals surface area contributed by atoms with E-state index in [1.165, 1.54) is 25.3 Å². The number of carbonyl (C=O) groups excluding carboxylic acids is 2. The fraction of sp³-hybridized carbons (Fsp3) is 0.263. The van der Waals surface area contributed by atoms with Crippen LogP contribution in [0, 0.1) is 23.0 Å². The second-order valence-electron chi connectivity index (χ2n) is 6.37. The highest BCUT2D eigenvalue weighted by atomic mass is 16.6. The van der Waals surface area contributed by atoms with Gasteiger partial charge in [-0.1, -0.05) is 12.1 Å². The second-order valence-corrected chi connectivity index (χ2v) is 6.37. The summed E-state index contributed by atoms with van der Waals surface area (Å²) in [6.07, 6.45) is 0.0593. The molecule has 0 bridgehead atoms. The number of methoxy groups -OCH3 is 1.